The van der Waals surface area contributed by atoms with Crippen LogP contribution in [0.25, 0.3) is 0 Å². The lowest BCUT2D eigenvalue weighted by Gasteiger charge is -2.37. The van der Waals surface area contributed by atoms with Crippen molar-refractivity contribution in [2.24, 2.45) is 5.92 Å². The maximum Gasteiger partial charge on any atom is 0.154 e. The van der Waals surface area contributed by atoms with Gasteiger partial charge in [-0.2, -0.15) is 5.10 Å². The number of rotatable bonds is 8. The molecule has 0 N–H and O–H groups in total. The zero-order valence-electron chi connectivity index (χ0n) is 18.3. The minimum absolute atomic E-state index is 0.122. The molecule has 7 heteroatoms. The molecule has 0 aromatic carbocycles. The van der Waals surface area contributed by atoms with E-state index in [0.29, 0.717) is 24.5 Å². The highest BCUT2D eigenvalue weighted by Crippen LogP contribution is 2.25. The van der Waals surface area contributed by atoms with Crippen molar-refractivity contribution < 1.29 is 14.3 Å². The van der Waals surface area contributed by atoms with E-state index in [9.17, 15) is 4.79 Å². The van der Waals surface area contributed by atoms with Crippen LogP contribution in [0.1, 0.15) is 53.4 Å². The van der Waals surface area contributed by atoms with Crippen LogP contribution < -0.4 is 9.64 Å². The quantitative estimate of drug-likeness (QED) is 0.660. The van der Waals surface area contributed by atoms with Gasteiger partial charge >= 0.3 is 0 Å². The Morgan fingerprint density at radius 1 is 1.07 bits per heavy atom. The summed E-state index contributed by atoms with van der Waals surface area (Å²) < 4.78 is 12.1. The number of Topliss-reactive ketones (excluding diaryl/α,β-unsaturated/α-hetero) is 1. The topological polar surface area (TPSA) is 67.8 Å². The van der Waals surface area contributed by atoms with Crippen molar-refractivity contribution in [1.82, 2.24) is 15.1 Å². The highest BCUT2D eigenvalue weighted by molar-refractivity contribution is 5.82. The smallest absolute Gasteiger partial charge is 0.154 e. The molecule has 0 amide bonds. The lowest BCUT2D eigenvalue weighted by molar-refractivity contribution is -0.124. The Kier molecular flexibility index (Phi) is 7.84. The molecule has 162 valence electrons. The van der Waals surface area contributed by atoms with Crippen molar-refractivity contribution in [2.45, 2.75) is 71.7 Å². The number of nitrogens with zero attached hydrogens (tertiary/aromatic N) is 4. The summed E-state index contributed by atoms with van der Waals surface area (Å²) in [5, 5.41) is 8.36. The van der Waals surface area contributed by atoms with E-state index in [-0.39, 0.29) is 12.0 Å². The van der Waals surface area contributed by atoms with Gasteiger partial charge in [-0.1, -0.05) is 13.8 Å². The Morgan fingerprint density at radius 2 is 1.69 bits per heavy atom. The van der Waals surface area contributed by atoms with Crippen molar-refractivity contribution in [3.05, 3.63) is 12.3 Å². The average molecular weight is 405 g/mol. The van der Waals surface area contributed by atoms with Crippen LogP contribution in [-0.2, 0) is 9.53 Å². The van der Waals surface area contributed by atoms with Crippen molar-refractivity contribution in [2.75, 3.05) is 37.6 Å². The number of ketones is 1. The summed E-state index contributed by atoms with van der Waals surface area (Å²) in [5.74, 6) is 2.11. The maximum atomic E-state index is 11.9. The zero-order chi connectivity index (χ0) is 20.8. The molecule has 29 heavy (non-hydrogen) atoms. The second kappa shape index (κ2) is 10.3. The Hall–Kier alpha value is -1.73. The van der Waals surface area contributed by atoms with Crippen molar-refractivity contribution in [3.63, 3.8) is 0 Å². The van der Waals surface area contributed by atoms with E-state index >= 15 is 0 Å². The Labute approximate surface area is 174 Å². The van der Waals surface area contributed by atoms with Gasteiger partial charge in [0.1, 0.15) is 11.5 Å². The van der Waals surface area contributed by atoms with Gasteiger partial charge in [0, 0.05) is 38.2 Å². The van der Waals surface area contributed by atoms with Gasteiger partial charge in [0.2, 0.25) is 0 Å². The van der Waals surface area contributed by atoms with Crippen molar-refractivity contribution in [1.29, 1.82) is 0 Å². The van der Waals surface area contributed by atoms with Gasteiger partial charge in [0.05, 0.1) is 31.1 Å². The van der Waals surface area contributed by atoms with Crippen LogP contribution in [0.5, 0.6) is 5.75 Å². The number of hydrogen-bond acceptors (Lipinski definition) is 7. The van der Waals surface area contributed by atoms with E-state index in [2.05, 4.69) is 20.0 Å². The molecule has 0 atom stereocenters. The number of carbonyl (C=O) groups excluding carboxylic acids is 1. The number of piperidine rings is 2. The molecule has 1 aromatic rings. The number of carbonyl (C=O) groups is 1. The van der Waals surface area contributed by atoms with E-state index in [4.69, 9.17) is 9.47 Å². The number of anilines is 1. The molecule has 2 aliphatic heterocycles. The lowest BCUT2D eigenvalue weighted by atomic mass is 10.0. The predicted molar refractivity (Wildman–Crippen MR) is 113 cm³/mol. The molecule has 3 rings (SSSR count). The Balaban J connectivity index is 1.40. The van der Waals surface area contributed by atoms with E-state index in [1.54, 1.807) is 6.20 Å². The molecular formula is C22H36N4O3. The molecule has 0 saturated carbocycles. The van der Waals surface area contributed by atoms with Crippen LogP contribution in [0.2, 0.25) is 0 Å². The predicted octanol–water partition coefficient (Wildman–Crippen LogP) is 2.94. The molecule has 2 aliphatic rings. The summed E-state index contributed by atoms with van der Waals surface area (Å²) >= 11 is 0. The number of ether oxygens (including phenoxy) is 2. The SMILES string of the molecule is CC(C)Oc1cnnc(N2CCC(OC3CCN(CC(=O)C(C)C)CC3)CC2)c1. The van der Waals surface area contributed by atoms with Gasteiger partial charge < -0.3 is 14.4 Å². The van der Waals surface area contributed by atoms with Crippen LogP contribution >= 0.6 is 0 Å². The first-order valence-corrected chi connectivity index (χ1v) is 11.1. The lowest BCUT2D eigenvalue weighted by Crippen LogP contribution is -2.43. The van der Waals surface area contributed by atoms with Gasteiger partial charge in [0.15, 0.2) is 5.82 Å². The van der Waals surface area contributed by atoms with Gasteiger partial charge in [-0.3, -0.25) is 9.69 Å². The average Bonchev–Trinajstić information content (AvgIpc) is 2.69. The Bertz CT molecular complexity index is 651. The van der Waals surface area contributed by atoms with Crippen LogP contribution in [-0.4, -0.2) is 71.9 Å². The van der Waals surface area contributed by atoms with E-state index in [1.807, 2.05) is 33.8 Å². The summed E-state index contributed by atoms with van der Waals surface area (Å²) in [7, 11) is 0. The molecular weight excluding hydrogens is 368 g/mol. The molecule has 0 radical (unpaired) electrons. The van der Waals surface area contributed by atoms with Gasteiger partial charge in [-0.25, -0.2) is 0 Å². The monoisotopic (exact) mass is 404 g/mol. The van der Waals surface area contributed by atoms with E-state index in [0.717, 1.165) is 63.4 Å². The molecule has 3 heterocycles. The summed E-state index contributed by atoms with van der Waals surface area (Å²) in [6, 6.07) is 1.97. The van der Waals surface area contributed by atoms with Crippen LogP contribution in [0.15, 0.2) is 12.3 Å². The first-order valence-electron chi connectivity index (χ1n) is 11.1. The first-order chi connectivity index (χ1) is 13.9. The molecule has 7 nitrogen and oxygen atoms in total. The number of likely N-dealkylation sites (tertiary alicyclic amines) is 1. The van der Waals surface area contributed by atoms with Crippen molar-refractivity contribution in [3.8, 4) is 5.75 Å². The molecule has 0 aliphatic carbocycles. The Morgan fingerprint density at radius 3 is 2.28 bits per heavy atom. The minimum atomic E-state index is 0.122. The summed E-state index contributed by atoms with van der Waals surface area (Å²) in [6.45, 7) is 12.3. The first kappa shape index (κ1) is 22.0. The summed E-state index contributed by atoms with van der Waals surface area (Å²) in [5.41, 5.74) is 0. The van der Waals surface area contributed by atoms with Crippen LogP contribution in [0.3, 0.4) is 0 Å². The number of hydrogen-bond donors (Lipinski definition) is 0. The van der Waals surface area contributed by atoms with Crippen molar-refractivity contribution >= 4 is 11.6 Å². The molecule has 1 aromatic heterocycles. The molecule has 0 spiro atoms. The largest absolute Gasteiger partial charge is 0.489 e. The maximum absolute atomic E-state index is 11.9. The molecule has 0 bridgehead atoms. The third-order valence-electron chi connectivity index (χ3n) is 5.70. The van der Waals surface area contributed by atoms with Gasteiger partial charge in [-0.05, 0) is 39.5 Å². The highest BCUT2D eigenvalue weighted by Gasteiger charge is 2.27. The summed E-state index contributed by atoms with van der Waals surface area (Å²) in [6.07, 6.45) is 6.47. The standard InChI is InChI=1S/C22H36N4O3/c1-16(2)21(27)15-25-9-5-18(6-10-25)29-19-7-11-26(12-8-19)22-13-20(14-23-24-22)28-17(3)4/h13-14,16-19H,5-12,15H2,1-4H3. The highest BCUT2D eigenvalue weighted by atomic mass is 16.5. The molecule has 0 unspecified atom stereocenters. The summed E-state index contributed by atoms with van der Waals surface area (Å²) in [4.78, 5) is 16.5. The molecule has 2 fully saturated rings. The fourth-order valence-electron chi connectivity index (χ4n) is 3.93. The molecule has 2 saturated heterocycles. The number of aromatic nitrogens is 2. The third-order valence-corrected chi connectivity index (χ3v) is 5.70. The van der Waals surface area contributed by atoms with Gasteiger partial charge in [-0.15, -0.1) is 5.10 Å². The third kappa shape index (κ3) is 6.64. The second-order valence-corrected chi connectivity index (χ2v) is 8.84. The normalized spacial score (nSPS) is 19.9. The van der Waals surface area contributed by atoms with E-state index < -0.39 is 0 Å². The fourth-order valence-corrected chi connectivity index (χ4v) is 3.93. The fraction of sp³-hybridized carbons (Fsp3) is 0.773. The second-order valence-electron chi connectivity index (χ2n) is 8.84. The van der Waals surface area contributed by atoms with Crippen LogP contribution in [0, 0.1) is 5.92 Å². The van der Waals surface area contributed by atoms with E-state index in [1.165, 1.54) is 0 Å². The minimum Gasteiger partial charge on any atom is -0.489 e. The zero-order valence-corrected chi connectivity index (χ0v) is 18.3. The van der Waals surface area contributed by atoms with Gasteiger partial charge in [0.25, 0.3) is 0 Å². The van der Waals surface area contributed by atoms with Crippen LogP contribution in [0.4, 0.5) is 5.82 Å².